The molecule has 0 aliphatic rings. The zero-order valence-electron chi connectivity index (χ0n) is 5.15. The minimum absolute atomic E-state index is 0.326. The molecule has 0 aliphatic heterocycles. The molecule has 0 bridgehead atoms. The highest BCUT2D eigenvalue weighted by Gasteiger charge is 2.12. The minimum Gasteiger partial charge on any atom is -0.481 e. The van der Waals surface area contributed by atoms with Crippen LogP contribution < -0.4 is 5.73 Å². The summed E-state index contributed by atoms with van der Waals surface area (Å²) in [6.07, 6.45) is 0.693. The second-order valence-electron chi connectivity index (χ2n) is 1.70. The van der Waals surface area contributed by atoms with Gasteiger partial charge in [0.2, 0.25) is 0 Å². The Labute approximate surface area is 57.5 Å². The molecule has 1 unspecified atom stereocenters. The molecular weight excluding hydrogens is 138 g/mol. The van der Waals surface area contributed by atoms with E-state index in [9.17, 15) is 9.59 Å². The number of carboxylic acids is 2. The maximum Gasteiger partial charge on any atom is 0.320 e. The fraction of sp³-hybridized carbons (Fsp3) is 0.400. The maximum atomic E-state index is 9.96. The molecule has 0 aromatic rings. The molecule has 0 saturated heterocycles. The Balaban J connectivity index is 3.49. The molecule has 0 amide bonds. The number of nitrogens with two attached hydrogens (primary N) is 1. The van der Waals surface area contributed by atoms with E-state index in [1.165, 1.54) is 0 Å². The van der Waals surface area contributed by atoms with E-state index >= 15 is 0 Å². The molecule has 0 fully saturated rings. The smallest absolute Gasteiger partial charge is 0.320 e. The van der Waals surface area contributed by atoms with Crippen molar-refractivity contribution in [1.29, 1.82) is 0 Å². The van der Waals surface area contributed by atoms with E-state index in [0.717, 1.165) is 6.42 Å². The molecule has 10 heavy (non-hydrogen) atoms. The monoisotopic (exact) mass is 146 g/mol. The Bertz CT molecular complexity index is 145. The Hall–Kier alpha value is -1.10. The first-order chi connectivity index (χ1) is 4.54. The normalized spacial score (nSPS) is 12.5. The lowest BCUT2D eigenvalue weighted by molar-refractivity contribution is -0.138. The fourth-order valence-corrected chi connectivity index (χ4v) is 0.329. The Kier molecular flexibility index (Phi) is 3.42. The van der Waals surface area contributed by atoms with Crippen LogP contribution in [0.5, 0.6) is 0 Å². The van der Waals surface area contributed by atoms with Crippen LogP contribution in [0.15, 0.2) is 0 Å². The molecular formula is C5H8NO4. The van der Waals surface area contributed by atoms with Crippen LogP contribution in [0.1, 0.15) is 6.42 Å². The van der Waals surface area contributed by atoms with Crippen molar-refractivity contribution in [1.82, 2.24) is 0 Å². The van der Waals surface area contributed by atoms with Gasteiger partial charge < -0.3 is 15.9 Å². The van der Waals surface area contributed by atoms with Gasteiger partial charge in [0, 0.05) is 6.42 Å². The highest BCUT2D eigenvalue weighted by Crippen LogP contribution is 1.91. The molecule has 5 nitrogen and oxygen atoms in total. The van der Waals surface area contributed by atoms with E-state index in [1.807, 2.05) is 0 Å². The lowest BCUT2D eigenvalue weighted by atomic mass is 10.2. The number of rotatable bonds is 4. The summed E-state index contributed by atoms with van der Waals surface area (Å²) in [5.74, 6) is -2.31. The van der Waals surface area contributed by atoms with Crippen LogP contribution in [0.4, 0.5) is 0 Å². The summed E-state index contributed by atoms with van der Waals surface area (Å²) in [6, 6.07) is -1.18. The lowest BCUT2D eigenvalue weighted by Gasteiger charge is -2.00. The standard InChI is InChI=1S/C5H8NO4/c6-3(5(9)10)1-2-4(7)8/h1,3H,2,6H2,(H,7,8)(H,9,10). The lowest BCUT2D eigenvalue weighted by Crippen LogP contribution is -2.31. The van der Waals surface area contributed by atoms with Crippen LogP contribution in [-0.2, 0) is 9.59 Å². The molecule has 0 aromatic heterocycles. The van der Waals surface area contributed by atoms with Gasteiger partial charge in [-0.05, 0) is 0 Å². The quantitative estimate of drug-likeness (QED) is 0.476. The predicted molar refractivity (Wildman–Crippen MR) is 32.2 cm³/mol. The topological polar surface area (TPSA) is 101 Å². The summed E-state index contributed by atoms with van der Waals surface area (Å²) >= 11 is 0. The van der Waals surface area contributed by atoms with E-state index in [2.05, 4.69) is 0 Å². The highest BCUT2D eigenvalue weighted by atomic mass is 16.4. The van der Waals surface area contributed by atoms with E-state index < -0.39 is 18.0 Å². The molecule has 0 aromatic carbocycles. The number of hydrogen-bond donors (Lipinski definition) is 3. The van der Waals surface area contributed by atoms with Crippen molar-refractivity contribution in [2.24, 2.45) is 5.73 Å². The summed E-state index contributed by atoms with van der Waals surface area (Å²) < 4.78 is 0. The van der Waals surface area contributed by atoms with Gasteiger partial charge in [-0.1, -0.05) is 0 Å². The summed E-state index contributed by atoms with van der Waals surface area (Å²) in [7, 11) is 0. The molecule has 0 saturated carbocycles. The Morgan fingerprint density at radius 2 is 2.00 bits per heavy atom. The summed E-state index contributed by atoms with van der Waals surface area (Å²) in [6.45, 7) is 0. The van der Waals surface area contributed by atoms with E-state index in [-0.39, 0.29) is 6.42 Å². The Morgan fingerprint density at radius 3 is 2.30 bits per heavy atom. The Morgan fingerprint density at radius 1 is 1.50 bits per heavy atom. The van der Waals surface area contributed by atoms with Crippen LogP contribution in [0.2, 0.25) is 0 Å². The zero-order valence-corrected chi connectivity index (χ0v) is 5.15. The van der Waals surface area contributed by atoms with Crippen molar-refractivity contribution in [3.05, 3.63) is 6.42 Å². The third kappa shape index (κ3) is 3.85. The van der Waals surface area contributed by atoms with Crippen LogP contribution in [0.25, 0.3) is 0 Å². The van der Waals surface area contributed by atoms with Crippen molar-refractivity contribution in [2.45, 2.75) is 12.5 Å². The van der Waals surface area contributed by atoms with Gasteiger partial charge in [-0.25, -0.2) is 0 Å². The summed E-state index contributed by atoms with van der Waals surface area (Å²) in [5, 5.41) is 16.2. The van der Waals surface area contributed by atoms with Gasteiger partial charge in [-0.2, -0.15) is 0 Å². The third-order valence-corrected chi connectivity index (χ3v) is 0.832. The van der Waals surface area contributed by atoms with Gasteiger partial charge in [-0.3, -0.25) is 9.59 Å². The first-order valence-electron chi connectivity index (χ1n) is 2.57. The molecule has 0 rings (SSSR count). The van der Waals surface area contributed by atoms with Crippen molar-refractivity contribution in [3.63, 3.8) is 0 Å². The van der Waals surface area contributed by atoms with Crippen molar-refractivity contribution in [2.75, 3.05) is 0 Å². The maximum absolute atomic E-state index is 9.96. The zero-order chi connectivity index (χ0) is 8.15. The third-order valence-electron chi connectivity index (χ3n) is 0.832. The average molecular weight is 146 g/mol. The minimum atomic E-state index is -1.22. The number of carbonyl (C=O) groups is 2. The second kappa shape index (κ2) is 3.84. The van der Waals surface area contributed by atoms with E-state index in [4.69, 9.17) is 15.9 Å². The van der Waals surface area contributed by atoms with E-state index in [1.54, 1.807) is 0 Å². The molecule has 5 heteroatoms. The molecule has 4 N–H and O–H groups in total. The summed E-state index contributed by atoms with van der Waals surface area (Å²) in [5.41, 5.74) is 4.95. The second-order valence-corrected chi connectivity index (χ2v) is 1.70. The summed E-state index contributed by atoms with van der Waals surface area (Å²) in [4.78, 5) is 19.8. The van der Waals surface area contributed by atoms with Gasteiger partial charge in [0.05, 0.1) is 6.42 Å². The van der Waals surface area contributed by atoms with Crippen LogP contribution in [-0.4, -0.2) is 28.2 Å². The van der Waals surface area contributed by atoms with Gasteiger partial charge in [-0.15, -0.1) is 0 Å². The first-order valence-corrected chi connectivity index (χ1v) is 2.57. The number of hydrogen-bond acceptors (Lipinski definition) is 3. The van der Waals surface area contributed by atoms with Gasteiger partial charge in [0.15, 0.2) is 0 Å². The van der Waals surface area contributed by atoms with E-state index in [0.29, 0.717) is 0 Å². The van der Waals surface area contributed by atoms with Gasteiger partial charge >= 0.3 is 11.9 Å². The largest absolute Gasteiger partial charge is 0.481 e. The highest BCUT2D eigenvalue weighted by molar-refractivity contribution is 5.77. The number of carboxylic acid groups (broad SMARTS) is 2. The van der Waals surface area contributed by atoms with Gasteiger partial charge in [0.25, 0.3) is 0 Å². The molecule has 0 spiro atoms. The molecule has 1 radical (unpaired) electrons. The van der Waals surface area contributed by atoms with Crippen LogP contribution in [0.3, 0.4) is 0 Å². The van der Waals surface area contributed by atoms with Crippen LogP contribution >= 0.6 is 0 Å². The molecule has 0 heterocycles. The molecule has 57 valence electrons. The van der Waals surface area contributed by atoms with Gasteiger partial charge in [0.1, 0.15) is 6.04 Å². The SMILES string of the molecule is NC([CH]CC(=O)O)C(=O)O. The fourth-order valence-electron chi connectivity index (χ4n) is 0.329. The number of aliphatic carboxylic acids is 2. The molecule has 0 aliphatic carbocycles. The van der Waals surface area contributed by atoms with Crippen molar-refractivity contribution in [3.8, 4) is 0 Å². The first kappa shape index (κ1) is 8.90. The predicted octanol–water partition coefficient (Wildman–Crippen LogP) is -0.923. The van der Waals surface area contributed by atoms with Crippen LogP contribution in [0, 0.1) is 6.42 Å². The van der Waals surface area contributed by atoms with Crippen molar-refractivity contribution >= 4 is 11.9 Å². The molecule has 1 atom stereocenters. The van der Waals surface area contributed by atoms with Crippen molar-refractivity contribution < 1.29 is 19.8 Å². The average Bonchev–Trinajstić information content (AvgIpc) is 1.82.